The smallest absolute Gasteiger partial charge is 0.0837 e. The molecule has 0 saturated carbocycles. The maximum absolute atomic E-state index is 7.32. The Balaban J connectivity index is 3.30. The van der Waals surface area contributed by atoms with Gasteiger partial charge in [-0.05, 0) is 19.8 Å². The van der Waals surface area contributed by atoms with E-state index in [9.17, 15) is 0 Å². The van der Waals surface area contributed by atoms with Crippen molar-refractivity contribution in [2.45, 2.75) is 19.8 Å². The number of hydrogen-bond donors (Lipinski definition) is 1. The second-order valence-corrected chi connectivity index (χ2v) is 2.49. The van der Waals surface area contributed by atoms with E-state index >= 15 is 0 Å². The van der Waals surface area contributed by atoms with Gasteiger partial charge in [0.2, 0.25) is 0 Å². The van der Waals surface area contributed by atoms with Gasteiger partial charge in [-0.25, -0.2) is 0 Å². The van der Waals surface area contributed by atoms with Crippen molar-refractivity contribution in [3.05, 3.63) is 12.2 Å². The Bertz CT molecular complexity index is 129. The van der Waals surface area contributed by atoms with Crippen LogP contribution in [0.15, 0.2) is 12.2 Å². The van der Waals surface area contributed by atoms with Gasteiger partial charge in [-0.3, -0.25) is 0 Å². The Kier molecular flexibility index (Phi) is 4.85. The fourth-order valence-electron chi connectivity index (χ4n) is 0.611. The Morgan fingerprint density at radius 3 is 2.50 bits per heavy atom. The molecule has 2 nitrogen and oxygen atoms in total. The van der Waals surface area contributed by atoms with Crippen LogP contribution in [0.1, 0.15) is 19.8 Å². The lowest BCUT2D eigenvalue weighted by Crippen LogP contribution is -2.04. The topological polar surface area (TPSA) is 33.1 Å². The molecule has 58 valence electrons. The molecule has 0 atom stereocenters. The van der Waals surface area contributed by atoms with Crippen LogP contribution in [0.2, 0.25) is 0 Å². The van der Waals surface area contributed by atoms with Crippen LogP contribution in [0.3, 0.4) is 0 Å². The van der Waals surface area contributed by atoms with Crippen LogP contribution < -0.4 is 0 Å². The molecule has 0 amide bonds. The van der Waals surface area contributed by atoms with Crippen molar-refractivity contribution in [1.29, 1.82) is 5.41 Å². The standard InChI is InChI=1S/C8H15NO/c1-7(2)4-5-8(9)6-10-3/h9H,1,4-6H2,2-3H3. The summed E-state index contributed by atoms with van der Waals surface area (Å²) in [5.74, 6) is 0. The third-order valence-electron chi connectivity index (χ3n) is 1.17. The van der Waals surface area contributed by atoms with Crippen molar-refractivity contribution < 1.29 is 4.74 Å². The molecule has 0 aromatic heterocycles. The van der Waals surface area contributed by atoms with Gasteiger partial charge >= 0.3 is 0 Å². The molecule has 0 aromatic rings. The minimum absolute atomic E-state index is 0.452. The summed E-state index contributed by atoms with van der Waals surface area (Å²) in [6.07, 6.45) is 1.69. The van der Waals surface area contributed by atoms with E-state index < -0.39 is 0 Å². The molecule has 0 aliphatic heterocycles. The number of methoxy groups -OCH3 is 1. The van der Waals surface area contributed by atoms with E-state index in [1.807, 2.05) is 6.92 Å². The highest BCUT2D eigenvalue weighted by molar-refractivity contribution is 5.82. The van der Waals surface area contributed by atoms with Gasteiger partial charge in [-0.15, -0.1) is 6.58 Å². The number of rotatable bonds is 5. The minimum atomic E-state index is 0.452. The summed E-state index contributed by atoms with van der Waals surface area (Å²) in [6, 6.07) is 0. The molecular weight excluding hydrogens is 126 g/mol. The van der Waals surface area contributed by atoms with Crippen molar-refractivity contribution in [2.24, 2.45) is 0 Å². The summed E-state index contributed by atoms with van der Waals surface area (Å²) >= 11 is 0. The van der Waals surface area contributed by atoms with Crippen LogP contribution in [0, 0.1) is 5.41 Å². The number of allylic oxidation sites excluding steroid dienone is 1. The van der Waals surface area contributed by atoms with Gasteiger partial charge in [-0.1, -0.05) is 5.57 Å². The van der Waals surface area contributed by atoms with E-state index in [1.165, 1.54) is 0 Å². The van der Waals surface area contributed by atoms with Gasteiger partial charge in [0.25, 0.3) is 0 Å². The predicted octanol–water partition coefficient (Wildman–Crippen LogP) is 2.01. The fraction of sp³-hybridized carbons (Fsp3) is 0.625. The van der Waals surface area contributed by atoms with Gasteiger partial charge < -0.3 is 10.1 Å². The maximum Gasteiger partial charge on any atom is 0.0837 e. The fourth-order valence-corrected chi connectivity index (χ4v) is 0.611. The Morgan fingerprint density at radius 2 is 2.10 bits per heavy atom. The lowest BCUT2D eigenvalue weighted by molar-refractivity contribution is 0.243. The first kappa shape index (κ1) is 9.37. The van der Waals surface area contributed by atoms with E-state index in [1.54, 1.807) is 7.11 Å². The molecule has 0 saturated heterocycles. The zero-order chi connectivity index (χ0) is 7.98. The minimum Gasteiger partial charge on any atom is -0.379 e. The molecule has 0 bridgehead atoms. The van der Waals surface area contributed by atoms with Crippen molar-refractivity contribution in [3.63, 3.8) is 0 Å². The highest BCUT2D eigenvalue weighted by Crippen LogP contribution is 2.00. The van der Waals surface area contributed by atoms with Crippen LogP contribution >= 0.6 is 0 Å². The van der Waals surface area contributed by atoms with Gasteiger partial charge in [0, 0.05) is 12.8 Å². The largest absolute Gasteiger partial charge is 0.379 e. The van der Waals surface area contributed by atoms with Crippen LogP contribution in [0.5, 0.6) is 0 Å². The van der Waals surface area contributed by atoms with E-state index in [4.69, 9.17) is 10.1 Å². The number of ether oxygens (including phenoxy) is 1. The molecule has 10 heavy (non-hydrogen) atoms. The van der Waals surface area contributed by atoms with Crippen LogP contribution in [0.4, 0.5) is 0 Å². The lowest BCUT2D eigenvalue weighted by atomic mass is 10.1. The van der Waals surface area contributed by atoms with Gasteiger partial charge in [0.1, 0.15) is 0 Å². The van der Waals surface area contributed by atoms with Crippen molar-refractivity contribution >= 4 is 5.71 Å². The predicted molar refractivity (Wildman–Crippen MR) is 43.7 cm³/mol. The zero-order valence-electron chi connectivity index (χ0n) is 6.74. The van der Waals surface area contributed by atoms with Gasteiger partial charge in [0.05, 0.1) is 6.61 Å². The van der Waals surface area contributed by atoms with Crippen molar-refractivity contribution in [3.8, 4) is 0 Å². The first-order valence-corrected chi connectivity index (χ1v) is 3.36. The quantitative estimate of drug-likeness (QED) is 0.461. The third-order valence-corrected chi connectivity index (χ3v) is 1.17. The SMILES string of the molecule is C=C(C)CCC(=N)COC. The molecule has 0 heterocycles. The average Bonchev–Trinajstić information content (AvgIpc) is 1.85. The molecule has 0 radical (unpaired) electrons. The first-order valence-electron chi connectivity index (χ1n) is 3.36. The lowest BCUT2D eigenvalue weighted by Gasteiger charge is -2.00. The molecule has 0 aliphatic carbocycles. The molecule has 0 unspecified atom stereocenters. The monoisotopic (exact) mass is 141 g/mol. The summed E-state index contributed by atoms with van der Waals surface area (Å²) in [5.41, 5.74) is 1.77. The summed E-state index contributed by atoms with van der Waals surface area (Å²) in [5, 5.41) is 7.32. The molecular formula is C8H15NO. The van der Waals surface area contributed by atoms with Gasteiger partial charge in [0.15, 0.2) is 0 Å². The second kappa shape index (κ2) is 5.18. The molecule has 0 aliphatic rings. The molecule has 0 fully saturated rings. The molecule has 0 rings (SSSR count). The Morgan fingerprint density at radius 1 is 1.50 bits per heavy atom. The number of hydrogen-bond acceptors (Lipinski definition) is 2. The van der Waals surface area contributed by atoms with Gasteiger partial charge in [-0.2, -0.15) is 0 Å². The summed E-state index contributed by atoms with van der Waals surface area (Å²) < 4.78 is 4.78. The van der Waals surface area contributed by atoms with E-state index in [2.05, 4.69) is 6.58 Å². The summed E-state index contributed by atoms with van der Waals surface area (Å²) in [4.78, 5) is 0. The van der Waals surface area contributed by atoms with Crippen LogP contribution in [-0.4, -0.2) is 19.4 Å². The Labute approximate surface area is 62.4 Å². The zero-order valence-corrected chi connectivity index (χ0v) is 6.74. The highest BCUT2D eigenvalue weighted by atomic mass is 16.5. The maximum atomic E-state index is 7.32. The normalized spacial score (nSPS) is 9.40. The van der Waals surface area contributed by atoms with E-state index in [0.717, 1.165) is 18.4 Å². The molecule has 2 heteroatoms. The van der Waals surface area contributed by atoms with Crippen LogP contribution in [-0.2, 0) is 4.74 Å². The summed E-state index contributed by atoms with van der Waals surface area (Å²) in [7, 11) is 1.61. The Hall–Kier alpha value is -0.630. The first-order chi connectivity index (χ1) is 4.66. The average molecular weight is 141 g/mol. The molecule has 0 aromatic carbocycles. The van der Waals surface area contributed by atoms with Crippen LogP contribution in [0.25, 0.3) is 0 Å². The van der Waals surface area contributed by atoms with E-state index in [0.29, 0.717) is 12.3 Å². The molecule has 0 spiro atoms. The van der Waals surface area contributed by atoms with Crippen molar-refractivity contribution in [2.75, 3.05) is 13.7 Å². The second-order valence-electron chi connectivity index (χ2n) is 2.49. The van der Waals surface area contributed by atoms with E-state index in [-0.39, 0.29) is 0 Å². The third kappa shape index (κ3) is 5.51. The molecule has 1 N–H and O–H groups in total. The van der Waals surface area contributed by atoms with Crippen molar-refractivity contribution in [1.82, 2.24) is 0 Å². The highest BCUT2D eigenvalue weighted by Gasteiger charge is 1.94. The number of nitrogens with one attached hydrogen (secondary N) is 1. The summed E-state index contributed by atoms with van der Waals surface area (Å²) in [6.45, 7) is 6.17.